The summed E-state index contributed by atoms with van der Waals surface area (Å²) in [5, 5.41) is 0. The van der Waals surface area contributed by atoms with Gasteiger partial charge in [0.1, 0.15) is 11.7 Å². The highest BCUT2D eigenvalue weighted by atomic mass is 16.6. The van der Waals surface area contributed by atoms with Crippen LogP contribution in [-0.4, -0.2) is 48.2 Å². The first-order chi connectivity index (χ1) is 10.4. The molecule has 128 valence electrons. The second-order valence-corrected chi connectivity index (χ2v) is 5.38. The summed E-state index contributed by atoms with van der Waals surface area (Å²) in [6.07, 6.45) is 2.66. The van der Waals surface area contributed by atoms with Gasteiger partial charge >= 0.3 is 6.09 Å². The molecule has 0 aliphatic heterocycles. The molecule has 0 fully saturated rings. The van der Waals surface area contributed by atoms with Crippen molar-refractivity contribution in [3.8, 4) is 0 Å². The lowest BCUT2D eigenvalue weighted by atomic mass is 9.97. The summed E-state index contributed by atoms with van der Waals surface area (Å²) in [6, 6.07) is 0. The van der Waals surface area contributed by atoms with Gasteiger partial charge in [-0.05, 0) is 39.7 Å². The van der Waals surface area contributed by atoms with Gasteiger partial charge in [-0.3, -0.25) is 4.79 Å². The quantitative estimate of drug-likeness (QED) is 0.547. The summed E-state index contributed by atoms with van der Waals surface area (Å²) >= 11 is 0. The molecular weight excluding hydrogens is 282 g/mol. The molecule has 0 aromatic carbocycles. The molecule has 0 bridgehead atoms. The van der Waals surface area contributed by atoms with Crippen LogP contribution >= 0.6 is 0 Å². The smallest absolute Gasteiger partial charge is 0.410 e. The van der Waals surface area contributed by atoms with Gasteiger partial charge in [0, 0.05) is 19.5 Å². The first-order valence-electron chi connectivity index (χ1n) is 8.14. The van der Waals surface area contributed by atoms with E-state index in [2.05, 4.69) is 6.58 Å². The molecule has 0 heterocycles. The van der Waals surface area contributed by atoms with Crippen molar-refractivity contribution in [3.63, 3.8) is 0 Å². The van der Waals surface area contributed by atoms with Crippen molar-refractivity contribution >= 4 is 11.9 Å². The monoisotopic (exact) mass is 313 g/mol. The molecule has 0 saturated heterocycles. The SMILES string of the molecule is C=CC(=O)[C@](C)(CC)OCCC(CC)OC(=O)N(CC)CC. The van der Waals surface area contributed by atoms with Crippen molar-refractivity contribution < 1.29 is 19.1 Å². The van der Waals surface area contributed by atoms with E-state index in [0.29, 0.717) is 39.0 Å². The van der Waals surface area contributed by atoms with E-state index in [-0.39, 0.29) is 18.0 Å². The Morgan fingerprint density at radius 2 is 1.82 bits per heavy atom. The molecule has 2 atom stereocenters. The molecule has 0 spiro atoms. The lowest BCUT2D eigenvalue weighted by Gasteiger charge is -2.27. The number of ketones is 1. The van der Waals surface area contributed by atoms with Gasteiger partial charge in [-0.25, -0.2) is 4.79 Å². The molecule has 0 aromatic rings. The number of rotatable bonds is 11. The highest BCUT2D eigenvalue weighted by Gasteiger charge is 2.30. The third kappa shape index (κ3) is 6.18. The van der Waals surface area contributed by atoms with E-state index in [4.69, 9.17) is 9.47 Å². The predicted octanol–water partition coefficient (Wildman–Crippen LogP) is 3.57. The molecule has 0 aromatic heterocycles. The Kier molecular flexibility index (Phi) is 9.74. The maximum atomic E-state index is 11.9. The van der Waals surface area contributed by atoms with Crippen molar-refractivity contribution in [2.75, 3.05) is 19.7 Å². The van der Waals surface area contributed by atoms with Crippen molar-refractivity contribution in [3.05, 3.63) is 12.7 Å². The second kappa shape index (κ2) is 10.4. The van der Waals surface area contributed by atoms with Gasteiger partial charge in [0.15, 0.2) is 5.78 Å². The Morgan fingerprint density at radius 3 is 2.23 bits per heavy atom. The van der Waals surface area contributed by atoms with Gasteiger partial charge in [0.05, 0.1) is 6.61 Å². The Labute approximate surface area is 134 Å². The molecule has 1 unspecified atom stereocenters. The van der Waals surface area contributed by atoms with Crippen LogP contribution in [0, 0.1) is 0 Å². The average molecular weight is 313 g/mol. The van der Waals surface area contributed by atoms with Crippen LogP contribution < -0.4 is 0 Å². The number of hydrogen-bond donors (Lipinski definition) is 0. The van der Waals surface area contributed by atoms with Crippen LogP contribution in [-0.2, 0) is 14.3 Å². The van der Waals surface area contributed by atoms with Gasteiger partial charge in [0.25, 0.3) is 0 Å². The molecule has 0 saturated carbocycles. The van der Waals surface area contributed by atoms with Crippen molar-refractivity contribution in [1.29, 1.82) is 0 Å². The Morgan fingerprint density at radius 1 is 1.23 bits per heavy atom. The van der Waals surface area contributed by atoms with Crippen LogP contribution in [0.2, 0.25) is 0 Å². The zero-order valence-electron chi connectivity index (χ0n) is 14.7. The molecule has 5 heteroatoms. The maximum Gasteiger partial charge on any atom is 0.410 e. The lowest BCUT2D eigenvalue weighted by Crippen LogP contribution is -2.38. The number of carbonyl (C=O) groups is 2. The maximum absolute atomic E-state index is 11.9. The van der Waals surface area contributed by atoms with Crippen LogP contribution in [0.5, 0.6) is 0 Å². The fourth-order valence-electron chi connectivity index (χ4n) is 2.02. The van der Waals surface area contributed by atoms with E-state index >= 15 is 0 Å². The fraction of sp³-hybridized carbons (Fsp3) is 0.765. The molecule has 1 amide bonds. The average Bonchev–Trinajstić information content (AvgIpc) is 2.53. The standard InChI is InChI=1S/C17H31NO4/c1-7-14(22-16(20)18(10-4)11-5)12-13-21-17(6,9-3)15(19)8-2/h8,14H,2,7,9-13H2,1,3-6H3/t14?,17-/m0/s1. The lowest BCUT2D eigenvalue weighted by molar-refractivity contribution is -0.138. The first-order valence-corrected chi connectivity index (χ1v) is 8.14. The number of hydrogen-bond acceptors (Lipinski definition) is 4. The summed E-state index contributed by atoms with van der Waals surface area (Å²) in [6.45, 7) is 14.6. The summed E-state index contributed by atoms with van der Waals surface area (Å²) in [5.41, 5.74) is -0.844. The van der Waals surface area contributed by atoms with E-state index in [1.54, 1.807) is 11.8 Å². The minimum atomic E-state index is -0.844. The van der Waals surface area contributed by atoms with Gasteiger partial charge in [0.2, 0.25) is 0 Å². The van der Waals surface area contributed by atoms with E-state index in [9.17, 15) is 9.59 Å². The molecule has 0 radical (unpaired) electrons. The van der Waals surface area contributed by atoms with Crippen molar-refractivity contribution in [2.45, 2.75) is 65.6 Å². The van der Waals surface area contributed by atoms with Crippen LogP contribution in [0.15, 0.2) is 12.7 Å². The fourth-order valence-corrected chi connectivity index (χ4v) is 2.02. The highest BCUT2D eigenvalue weighted by Crippen LogP contribution is 2.18. The molecule has 0 N–H and O–H groups in total. The van der Waals surface area contributed by atoms with E-state index in [0.717, 1.165) is 0 Å². The first kappa shape index (κ1) is 20.6. The molecule has 5 nitrogen and oxygen atoms in total. The van der Waals surface area contributed by atoms with Gasteiger partial charge < -0.3 is 14.4 Å². The number of nitrogens with zero attached hydrogens (tertiary/aromatic N) is 1. The molecule has 22 heavy (non-hydrogen) atoms. The van der Waals surface area contributed by atoms with Crippen LogP contribution in [0.25, 0.3) is 0 Å². The highest BCUT2D eigenvalue weighted by molar-refractivity contribution is 5.96. The predicted molar refractivity (Wildman–Crippen MR) is 88.0 cm³/mol. The van der Waals surface area contributed by atoms with Crippen LogP contribution in [0.4, 0.5) is 4.79 Å². The second-order valence-electron chi connectivity index (χ2n) is 5.38. The largest absolute Gasteiger partial charge is 0.446 e. The van der Waals surface area contributed by atoms with Crippen LogP contribution in [0.3, 0.4) is 0 Å². The molecule has 0 rings (SSSR count). The topological polar surface area (TPSA) is 55.8 Å². The number of amides is 1. The van der Waals surface area contributed by atoms with Crippen molar-refractivity contribution in [2.24, 2.45) is 0 Å². The minimum Gasteiger partial charge on any atom is -0.446 e. The third-order valence-electron chi connectivity index (χ3n) is 3.99. The molecule has 0 aliphatic rings. The zero-order valence-corrected chi connectivity index (χ0v) is 14.7. The normalized spacial score (nSPS) is 14.8. The summed E-state index contributed by atoms with van der Waals surface area (Å²) < 4.78 is 11.2. The summed E-state index contributed by atoms with van der Waals surface area (Å²) in [7, 11) is 0. The van der Waals surface area contributed by atoms with E-state index in [1.165, 1.54) is 6.08 Å². The van der Waals surface area contributed by atoms with E-state index in [1.807, 2.05) is 27.7 Å². The Balaban J connectivity index is 4.44. The summed E-state index contributed by atoms with van der Waals surface area (Å²) in [4.78, 5) is 25.4. The molecular formula is C17H31NO4. The third-order valence-corrected chi connectivity index (χ3v) is 3.99. The van der Waals surface area contributed by atoms with Gasteiger partial charge in [-0.15, -0.1) is 0 Å². The van der Waals surface area contributed by atoms with Crippen molar-refractivity contribution in [1.82, 2.24) is 4.90 Å². The number of ether oxygens (including phenoxy) is 2. The van der Waals surface area contributed by atoms with Crippen LogP contribution in [0.1, 0.15) is 53.9 Å². The van der Waals surface area contributed by atoms with Gasteiger partial charge in [-0.2, -0.15) is 0 Å². The van der Waals surface area contributed by atoms with E-state index < -0.39 is 5.60 Å². The minimum absolute atomic E-state index is 0.122. The zero-order chi connectivity index (χ0) is 17.2. The van der Waals surface area contributed by atoms with Gasteiger partial charge in [-0.1, -0.05) is 20.4 Å². The Hall–Kier alpha value is -1.36. The summed E-state index contributed by atoms with van der Waals surface area (Å²) in [5.74, 6) is -0.122. The number of carbonyl (C=O) groups excluding carboxylic acids is 2. The Bertz CT molecular complexity index is 366. The molecule has 0 aliphatic carbocycles.